The summed E-state index contributed by atoms with van der Waals surface area (Å²) in [6.45, 7) is 0.772. The molecule has 5 nitrogen and oxygen atoms in total. The third-order valence-corrected chi connectivity index (χ3v) is 6.95. The number of aliphatic hydroxyl groups excluding tert-OH is 1. The zero-order chi connectivity index (χ0) is 15.6. The monoisotopic (exact) mass is 326 g/mol. The molecule has 1 aromatic heterocycles. The summed E-state index contributed by atoms with van der Waals surface area (Å²) in [6, 6.07) is 0. The van der Waals surface area contributed by atoms with Gasteiger partial charge < -0.3 is 9.67 Å². The number of imidazole rings is 1. The fraction of sp³-hybridized carbons (Fsp3) is 0.812. The second-order valence-corrected chi connectivity index (χ2v) is 9.18. The summed E-state index contributed by atoms with van der Waals surface area (Å²) in [5, 5.41) is 10.6. The molecule has 2 heterocycles. The van der Waals surface area contributed by atoms with Crippen LogP contribution in [0.2, 0.25) is 0 Å². The molecular weight excluding hydrogens is 300 g/mol. The predicted octanol–water partition coefficient (Wildman–Crippen LogP) is 2.32. The standard InChI is InChI=1S/C16H26N2O3S/c19-15(14-4-2-1-3-5-14)16-17-8-9-18(16)12-13-6-10-22(20,21)11-7-13/h8-9,13-15,19H,1-7,10-12H2. The van der Waals surface area contributed by atoms with Crippen LogP contribution in [0.3, 0.4) is 0 Å². The summed E-state index contributed by atoms with van der Waals surface area (Å²) in [5.41, 5.74) is 0. The number of aromatic nitrogens is 2. The molecule has 1 saturated carbocycles. The highest BCUT2D eigenvalue weighted by molar-refractivity contribution is 7.91. The van der Waals surface area contributed by atoms with Crippen molar-refractivity contribution in [3.63, 3.8) is 0 Å². The first-order valence-electron chi connectivity index (χ1n) is 8.45. The highest BCUT2D eigenvalue weighted by Gasteiger charge is 2.28. The maximum absolute atomic E-state index is 11.5. The number of hydrogen-bond donors (Lipinski definition) is 1. The van der Waals surface area contributed by atoms with Crippen LogP contribution in [0.1, 0.15) is 56.9 Å². The average molecular weight is 326 g/mol. The lowest BCUT2D eigenvalue weighted by molar-refractivity contribution is 0.0730. The van der Waals surface area contributed by atoms with Crippen LogP contribution < -0.4 is 0 Å². The zero-order valence-corrected chi connectivity index (χ0v) is 13.8. The number of sulfone groups is 1. The molecular formula is C16H26N2O3S. The molecule has 0 aromatic carbocycles. The van der Waals surface area contributed by atoms with Crippen molar-refractivity contribution in [2.75, 3.05) is 11.5 Å². The maximum Gasteiger partial charge on any atom is 0.150 e. The summed E-state index contributed by atoms with van der Waals surface area (Å²) in [7, 11) is -2.81. The van der Waals surface area contributed by atoms with Crippen molar-refractivity contribution in [3.05, 3.63) is 18.2 Å². The SMILES string of the molecule is O=S1(=O)CCC(Cn2ccnc2C(O)C2CCCCC2)CC1. The number of hydrogen-bond acceptors (Lipinski definition) is 4. The van der Waals surface area contributed by atoms with Gasteiger partial charge in [-0.1, -0.05) is 19.3 Å². The normalized spacial score (nSPS) is 25.1. The Hall–Kier alpha value is -0.880. The second-order valence-electron chi connectivity index (χ2n) is 6.88. The van der Waals surface area contributed by atoms with Gasteiger partial charge in [0.2, 0.25) is 0 Å². The molecule has 0 radical (unpaired) electrons. The fourth-order valence-electron chi connectivity index (χ4n) is 3.80. The Morgan fingerprint density at radius 3 is 2.55 bits per heavy atom. The Morgan fingerprint density at radius 1 is 1.18 bits per heavy atom. The van der Waals surface area contributed by atoms with Gasteiger partial charge in [0.05, 0.1) is 11.5 Å². The summed E-state index contributed by atoms with van der Waals surface area (Å²) in [4.78, 5) is 4.38. The van der Waals surface area contributed by atoms with Gasteiger partial charge in [0.25, 0.3) is 0 Å². The van der Waals surface area contributed by atoms with Gasteiger partial charge in [-0.15, -0.1) is 0 Å². The molecule has 22 heavy (non-hydrogen) atoms. The summed E-state index contributed by atoms with van der Waals surface area (Å²) < 4.78 is 25.1. The van der Waals surface area contributed by atoms with E-state index < -0.39 is 15.9 Å². The molecule has 6 heteroatoms. The van der Waals surface area contributed by atoms with E-state index in [0.29, 0.717) is 23.3 Å². The molecule has 1 saturated heterocycles. The van der Waals surface area contributed by atoms with Crippen LogP contribution in [0.5, 0.6) is 0 Å². The summed E-state index contributed by atoms with van der Waals surface area (Å²) in [6.07, 6.45) is 10.5. The lowest BCUT2D eigenvalue weighted by Gasteiger charge is -2.28. The Kier molecular flexibility index (Phi) is 4.88. The summed E-state index contributed by atoms with van der Waals surface area (Å²) in [5.74, 6) is 2.05. The predicted molar refractivity (Wildman–Crippen MR) is 85.1 cm³/mol. The molecule has 0 amide bonds. The maximum atomic E-state index is 11.5. The van der Waals surface area contributed by atoms with Crippen molar-refractivity contribution < 1.29 is 13.5 Å². The zero-order valence-electron chi connectivity index (χ0n) is 13.0. The molecule has 2 aliphatic rings. The second kappa shape index (κ2) is 6.71. The van der Waals surface area contributed by atoms with Crippen LogP contribution >= 0.6 is 0 Å². The lowest BCUT2D eigenvalue weighted by Crippen LogP contribution is -2.27. The average Bonchev–Trinajstić information content (AvgIpc) is 2.98. The smallest absolute Gasteiger partial charge is 0.150 e. The van der Waals surface area contributed by atoms with E-state index in [1.54, 1.807) is 6.20 Å². The van der Waals surface area contributed by atoms with Crippen molar-refractivity contribution in [1.82, 2.24) is 9.55 Å². The minimum absolute atomic E-state index is 0.298. The first-order chi connectivity index (χ1) is 10.6. The van der Waals surface area contributed by atoms with E-state index in [4.69, 9.17) is 0 Å². The molecule has 1 aliphatic carbocycles. The van der Waals surface area contributed by atoms with Crippen molar-refractivity contribution >= 4 is 9.84 Å². The first kappa shape index (κ1) is 16.0. The van der Waals surface area contributed by atoms with E-state index in [-0.39, 0.29) is 0 Å². The van der Waals surface area contributed by atoms with Gasteiger partial charge in [-0.25, -0.2) is 13.4 Å². The van der Waals surface area contributed by atoms with Gasteiger partial charge in [0.15, 0.2) is 0 Å². The number of aliphatic hydroxyl groups is 1. The molecule has 0 spiro atoms. The van der Waals surface area contributed by atoms with Gasteiger partial charge >= 0.3 is 0 Å². The number of rotatable bonds is 4. The van der Waals surface area contributed by atoms with Crippen molar-refractivity contribution in [2.24, 2.45) is 11.8 Å². The lowest BCUT2D eigenvalue weighted by atomic mass is 9.85. The van der Waals surface area contributed by atoms with E-state index in [2.05, 4.69) is 4.98 Å². The molecule has 124 valence electrons. The van der Waals surface area contributed by atoms with Crippen molar-refractivity contribution in [2.45, 2.75) is 57.6 Å². The topological polar surface area (TPSA) is 72.2 Å². The third-order valence-electron chi connectivity index (χ3n) is 5.24. The first-order valence-corrected chi connectivity index (χ1v) is 10.3. The Labute approximate surface area is 132 Å². The number of nitrogens with zero attached hydrogens (tertiary/aromatic N) is 2. The fourth-order valence-corrected chi connectivity index (χ4v) is 5.39. The van der Waals surface area contributed by atoms with Crippen LogP contribution in [0.15, 0.2) is 12.4 Å². The highest BCUT2D eigenvalue weighted by atomic mass is 32.2. The van der Waals surface area contributed by atoms with E-state index in [0.717, 1.165) is 38.1 Å². The summed E-state index contributed by atoms with van der Waals surface area (Å²) >= 11 is 0. The Morgan fingerprint density at radius 2 is 1.86 bits per heavy atom. The minimum Gasteiger partial charge on any atom is -0.385 e. The molecule has 1 atom stereocenters. The van der Waals surface area contributed by atoms with Crippen LogP contribution in [-0.2, 0) is 16.4 Å². The van der Waals surface area contributed by atoms with Crippen LogP contribution in [-0.4, -0.2) is 34.6 Å². The highest BCUT2D eigenvalue weighted by Crippen LogP contribution is 2.34. The van der Waals surface area contributed by atoms with E-state index in [9.17, 15) is 13.5 Å². The van der Waals surface area contributed by atoms with Gasteiger partial charge in [-0.05, 0) is 37.5 Å². The van der Waals surface area contributed by atoms with Crippen LogP contribution in [0, 0.1) is 11.8 Å². The quantitative estimate of drug-likeness (QED) is 0.921. The van der Waals surface area contributed by atoms with E-state index in [1.807, 2.05) is 10.8 Å². The van der Waals surface area contributed by atoms with Crippen molar-refractivity contribution in [3.8, 4) is 0 Å². The Balaban J connectivity index is 1.64. The molecule has 0 bridgehead atoms. The molecule has 1 aliphatic heterocycles. The van der Waals surface area contributed by atoms with Crippen LogP contribution in [0.25, 0.3) is 0 Å². The molecule has 3 rings (SSSR count). The molecule has 1 unspecified atom stereocenters. The van der Waals surface area contributed by atoms with Gasteiger partial charge in [-0.3, -0.25) is 0 Å². The van der Waals surface area contributed by atoms with Gasteiger partial charge in [-0.2, -0.15) is 0 Å². The van der Waals surface area contributed by atoms with Gasteiger partial charge in [0, 0.05) is 18.9 Å². The van der Waals surface area contributed by atoms with Gasteiger partial charge in [0.1, 0.15) is 21.8 Å². The molecule has 2 fully saturated rings. The van der Waals surface area contributed by atoms with Crippen molar-refractivity contribution in [1.29, 1.82) is 0 Å². The minimum atomic E-state index is -2.81. The molecule has 1 aromatic rings. The largest absolute Gasteiger partial charge is 0.385 e. The third kappa shape index (κ3) is 3.71. The van der Waals surface area contributed by atoms with E-state index >= 15 is 0 Å². The van der Waals surface area contributed by atoms with Crippen LogP contribution in [0.4, 0.5) is 0 Å². The molecule has 1 N–H and O–H groups in total. The Bertz CT molecular complexity index is 576. The van der Waals surface area contributed by atoms with E-state index in [1.165, 1.54) is 19.3 Å².